The van der Waals surface area contributed by atoms with Gasteiger partial charge in [0.15, 0.2) is 0 Å². The third-order valence-corrected chi connectivity index (χ3v) is 1.55. The molecule has 0 N–H and O–H groups in total. The summed E-state index contributed by atoms with van der Waals surface area (Å²) >= 11 is 2.30. The van der Waals surface area contributed by atoms with Crippen LogP contribution in [-0.4, -0.2) is 25.4 Å². The molecule has 0 atom stereocenters. The standard InChI is InChI=1S/C3BrF5N4/c4-13-1(10-11-12-13)2(5,6)3(7,8)9. The van der Waals surface area contributed by atoms with Crippen molar-refractivity contribution in [3.05, 3.63) is 5.82 Å². The summed E-state index contributed by atoms with van der Waals surface area (Å²) < 4.78 is 60.1. The number of hydrogen-bond donors (Lipinski definition) is 0. The van der Waals surface area contributed by atoms with Gasteiger partial charge in [0.25, 0.3) is 0 Å². The maximum absolute atomic E-state index is 12.4. The van der Waals surface area contributed by atoms with Crippen LogP contribution < -0.4 is 0 Å². The number of hydrogen-bond acceptors (Lipinski definition) is 3. The van der Waals surface area contributed by atoms with E-state index in [4.69, 9.17) is 0 Å². The second-order valence-electron chi connectivity index (χ2n) is 1.93. The largest absolute Gasteiger partial charge is 0.461 e. The van der Waals surface area contributed by atoms with Crippen LogP contribution in [0.2, 0.25) is 0 Å². The second kappa shape index (κ2) is 2.86. The highest BCUT2D eigenvalue weighted by Gasteiger charge is 2.62. The molecule has 0 aliphatic carbocycles. The number of tetrazole rings is 1. The fourth-order valence-electron chi connectivity index (χ4n) is 0.482. The molecule has 0 aliphatic rings. The maximum Gasteiger partial charge on any atom is 0.461 e. The van der Waals surface area contributed by atoms with Gasteiger partial charge in [-0.15, -0.1) is 5.10 Å². The molecule has 0 aromatic carbocycles. The van der Waals surface area contributed by atoms with Gasteiger partial charge >= 0.3 is 12.1 Å². The van der Waals surface area contributed by atoms with Crippen molar-refractivity contribution in [1.29, 1.82) is 0 Å². The van der Waals surface area contributed by atoms with E-state index in [1.54, 1.807) is 0 Å². The van der Waals surface area contributed by atoms with E-state index in [2.05, 4.69) is 31.7 Å². The van der Waals surface area contributed by atoms with Crippen LogP contribution in [0.1, 0.15) is 5.82 Å². The van der Waals surface area contributed by atoms with Crippen molar-refractivity contribution in [2.24, 2.45) is 0 Å². The topological polar surface area (TPSA) is 43.6 Å². The Kier molecular flexibility index (Phi) is 2.26. The predicted molar refractivity (Wildman–Crippen MR) is 32.1 cm³/mol. The molecule has 10 heteroatoms. The third kappa shape index (κ3) is 1.62. The van der Waals surface area contributed by atoms with Crippen LogP contribution in [0.5, 0.6) is 0 Å². The summed E-state index contributed by atoms with van der Waals surface area (Å²) in [5.74, 6) is -6.68. The first kappa shape index (κ1) is 10.3. The summed E-state index contributed by atoms with van der Waals surface area (Å²) in [6, 6.07) is 0. The van der Waals surface area contributed by atoms with Crippen LogP contribution >= 0.6 is 16.1 Å². The Morgan fingerprint density at radius 1 is 1.15 bits per heavy atom. The zero-order valence-corrected chi connectivity index (χ0v) is 7.14. The van der Waals surface area contributed by atoms with Gasteiger partial charge in [0.05, 0.1) is 16.1 Å². The van der Waals surface area contributed by atoms with Crippen LogP contribution in [0.15, 0.2) is 0 Å². The Labute approximate surface area is 76.1 Å². The zero-order chi connectivity index (χ0) is 10.3. The minimum Gasteiger partial charge on any atom is -0.187 e. The van der Waals surface area contributed by atoms with Crippen molar-refractivity contribution >= 4 is 16.1 Å². The molecule has 0 spiro atoms. The number of halogens is 6. The lowest BCUT2D eigenvalue weighted by molar-refractivity contribution is -0.292. The van der Waals surface area contributed by atoms with E-state index < -0.39 is 17.9 Å². The molecule has 0 aliphatic heterocycles. The zero-order valence-electron chi connectivity index (χ0n) is 5.56. The summed E-state index contributed by atoms with van der Waals surface area (Å²) in [6.07, 6.45) is -5.72. The van der Waals surface area contributed by atoms with Crippen molar-refractivity contribution in [2.45, 2.75) is 12.1 Å². The van der Waals surface area contributed by atoms with Gasteiger partial charge in [0.1, 0.15) is 0 Å². The molecular weight excluding hydrogens is 267 g/mol. The van der Waals surface area contributed by atoms with Crippen LogP contribution in [-0.2, 0) is 5.92 Å². The van der Waals surface area contributed by atoms with Crippen LogP contribution in [0.4, 0.5) is 22.0 Å². The molecule has 0 fully saturated rings. The van der Waals surface area contributed by atoms with Gasteiger partial charge in [-0.1, -0.05) is 0 Å². The average Bonchev–Trinajstić information content (AvgIpc) is 2.32. The Hall–Kier alpha value is -0.800. The quantitative estimate of drug-likeness (QED) is 0.724. The maximum atomic E-state index is 12.4. The molecule has 0 amide bonds. The Morgan fingerprint density at radius 2 is 1.69 bits per heavy atom. The van der Waals surface area contributed by atoms with Crippen molar-refractivity contribution in [3.63, 3.8) is 0 Å². The van der Waals surface area contributed by atoms with Crippen molar-refractivity contribution in [3.8, 4) is 0 Å². The first-order chi connectivity index (χ1) is 5.77. The normalized spacial score (nSPS) is 13.4. The molecule has 0 saturated heterocycles. The average molecular weight is 267 g/mol. The van der Waals surface area contributed by atoms with Gasteiger partial charge in [-0.25, -0.2) is 0 Å². The molecule has 1 aromatic rings. The highest BCUT2D eigenvalue weighted by molar-refractivity contribution is 9.08. The highest BCUT2D eigenvalue weighted by Crippen LogP contribution is 2.42. The molecule has 0 unspecified atom stereocenters. The molecule has 0 saturated carbocycles. The summed E-state index contributed by atoms with van der Waals surface area (Å²) in [5.41, 5.74) is 0. The van der Waals surface area contributed by atoms with Gasteiger partial charge in [-0.3, -0.25) is 0 Å². The van der Waals surface area contributed by atoms with Gasteiger partial charge < -0.3 is 0 Å². The van der Waals surface area contributed by atoms with Crippen LogP contribution in [0.3, 0.4) is 0 Å². The molecule has 0 bridgehead atoms. The SMILES string of the molecule is FC(F)(F)C(F)(F)c1nnnn1Br. The summed E-state index contributed by atoms with van der Waals surface area (Å²) in [6.45, 7) is 0. The van der Waals surface area contributed by atoms with E-state index in [-0.39, 0.29) is 3.71 Å². The van der Waals surface area contributed by atoms with Crippen LogP contribution in [0.25, 0.3) is 0 Å². The van der Waals surface area contributed by atoms with Crippen molar-refractivity contribution in [1.82, 2.24) is 19.2 Å². The first-order valence-electron chi connectivity index (χ1n) is 2.66. The minimum atomic E-state index is -5.72. The van der Waals surface area contributed by atoms with E-state index in [0.29, 0.717) is 0 Å². The lowest BCUT2D eigenvalue weighted by Gasteiger charge is -2.16. The molecular formula is C3BrF5N4. The van der Waals surface area contributed by atoms with E-state index in [9.17, 15) is 22.0 Å². The monoisotopic (exact) mass is 266 g/mol. The number of aromatic nitrogens is 4. The number of rotatable bonds is 1. The molecule has 1 rings (SSSR count). The second-order valence-corrected chi connectivity index (χ2v) is 2.61. The van der Waals surface area contributed by atoms with E-state index in [1.165, 1.54) is 0 Å². The molecule has 1 heterocycles. The van der Waals surface area contributed by atoms with E-state index >= 15 is 0 Å². The summed E-state index contributed by atoms with van der Waals surface area (Å²) in [7, 11) is 0. The fraction of sp³-hybridized carbons (Fsp3) is 0.667. The van der Waals surface area contributed by atoms with Crippen molar-refractivity contribution in [2.75, 3.05) is 0 Å². The predicted octanol–water partition coefficient (Wildman–Crippen LogP) is 1.49. The molecule has 13 heavy (non-hydrogen) atoms. The van der Waals surface area contributed by atoms with E-state index in [1.807, 2.05) is 0 Å². The summed E-state index contributed by atoms with van der Waals surface area (Å²) in [5, 5.41) is 7.97. The Balaban J connectivity index is 3.15. The molecule has 74 valence electrons. The van der Waals surface area contributed by atoms with E-state index in [0.717, 1.165) is 0 Å². The minimum absolute atomic E-state index is 0.0838. The Bertz CT molecular complexity index is 305. The first-order valence-corrected chi connectivity index (χ1v) is 3.37. The third-order valence-electron chi connectivity index (χ3n) is 1.07. The van der Waals surface area contributed by atoms with Gasteiger partial charge in [-0.05, 0) is 10.4 Å². The van der Waals surface area contributed by atoms with Gasteiger partial charge in [-0.2, -0.15) is 25.7 Å². The fourth-order valence-corrected chi connectivity index (χ4v) is 0.839. The Morgan fingerprint density at radius 3 is 2.00 bits per heavy atom. The van der Waals surface area contributed by atoms with Crippen molar-refractivity contribution < 1.29 is 22.0 Å². The van der Waals surface area contributed by atoms with Gasteiger partial charge in [0, 0.05) is 0 Å². The lowest BCUT2D eigenvalue weighted by atomic mass is 10.3. The number of nitrogens with zero attached hydrogens (tertiary/aromatic N) is 4. The molecule has 4 nitrogen and oxygen atoms in total. The molecule has 0 radical (unpaired) electrons. The lowest BCUT2D eigenvalue weighted by Crippen LogP contribution is -2.35. The summed E-state index contributed by atoms with van der Waals surface area (Å²) in [4.78, 5) is 0. The highest BCUT2D eigenvalue weighted by atomic mass is 79.9. The molecule has 1 aromatic heterocycles. The smallest absolute Gasteiger partial charge is 0.187 e. The van der Waals surface area contributed by atoms with Crippen LogP contribution in [0, 0.1) is 0 Å². The van der Waals surface area contributed by atoms with Gasteiger partial charge in [0.2, 0.25) is 5.82 Å². The number of alkyl halides is 5.